The van der Waals surface area contributed by atoms with Crippen molar-refractivity contribution < 1.29 is 19.4 Å². The molecule has 0 bridgehead atoms. The van der Waals surface area contributed by atoms with Crippen LogP contribution in [0.15, 0.2) is 224 Å². The molecule has 0 amide bonds. The summed E-state index contributed by atoms with van der Waals surface area (Å²) < 4.78 is 14.0. The largest absolute Gasteiger partial charge is 0.461 e. The van der Waals surface area contributed by atoms with Gasteiger partial charge in [-0.05, 0) is 177 Å². The second-order valence-corrected chi connectivity index (χ2v) is 39.3. The molecule has 0 saturated heterocycles. The van der Waals surface area contributed by atoms with Gasteiger partial charge in [-0.2, -0.15) is 0 Å². The second kappa shape index (κ2) is 63.4. The lowest BCUT2D eigenvalue weighted by Gasteiger charge is -2.22. The van der Waals surface area contributed by atoms with Crippen LogP contribution in [-0.4, -0.2) is 189 Å². The monoisotopic (exact) mass is 2340 g/mol. The molecule has 0 aliphatic heterocycles. The van der Waals surface area contributed by atoms with E-state index in [0.29, 0.717) is 94.3 Å². The number of benzene rings is 6. The van der Waals surface area contributed by atoms with E-state index in [0.717, 1.165) is 126 Å². The number of hydrogen-bond acceptors (Lipinski definition) is 30. The number of anilines is 1. The molecule has 9 aromatic heterocycles. The molecule has 0 saturated carbocycles. The van der Waals surface area contributed by atoms with Gasteiger partial charge in [0.05, 0.1) is 66.2 Å². The first-order valence-electron chi connectivity index (χ1n) is 43.1. The van der Waals surface area contributed by atoms with Gasteiger partial charge in [-0.25, -0.2) is 49.7 Å². The molecule has 9 heterocycles. The summed E-state index contributed by atoms with van der Waals surface area (Å²) in [5, 5.41) is 14.7. The van der Waals surface area contributed by atoms with E-state index >= 15 is 0 Å². The van der Waals surface area contributed by atoms with Crippen LogP contribution in [0, 0.1) is 0 Å². The van der Waals surface area contributed by atoms with Crippen LogP contribution in [0.25, 0.3) is 41.4 Å². The number of ether oxygens (including phenoxy) is 1. The first kappa shape index (κ1) is 116. The Morgan fingerprint density at radius 3 is 1.18 bits per heavy atom. The lowest BCUT2D eigenvalue weighted by molar-refractivity contribution is 0.0521. The molecule has 724 valence electrons. The van der Waals surface area contributed by atoms with E-state index in [2.05, 4.69) is 194 Å². The Hall–Kier alpha value is -8.18. The van der Waals surface area contributed by atoms with E-state index in [1.807, 2.05) is 180 Å². The van der Waals surface area contributed by atoms with Gasteiger partial charge < -0.3 is 52.4 Å². The number of esters is 1. The summed E-state index contributed by atoms with van der Waals surface area (Å²) in [7, 11) is 12.2. The standard InChI is InChI=1S/C19H24BrN5OS.C19H25N5OS.C15H13Br2N3OS.C15H15N3OS.C7H4BrClO.C7H9N.C6H8N2O2S.C4H12N2.C2H6O.Br2/c1-4-14(21-10-11-24(2)3)16-23-17-15(22-19(20)27-17)18(26)25(16)12-13-8-6-5-7-9-13;1-4-15(20-10-11-23(2)3)17-22-18-16(21-13-26-18)19(25)24(17)12-14-8-6-5-7-9-14;1-2-10(16)12-19-13-11(18-15(17)22-13)14(21)20(12)8-9-6-4-3-5-7-9;1-2-6-12-17-14-13(16-10-20-14)15(19)18(12)9-11-7-4-3-5-8-11;8-6-3-1-5(2-4-6)7(9)10;8-6-7-4-2-1-3-5-7;1-2-10-6(9)4-5(7)11-3-8-4;1-6(2)4-3-5;1-2-3;1-2/h5-9,14,21H,4,10-12H2,1-3H3;5-9,13,15,20H,4,10-12H2,1-3H3;3-7,10H,2,8H2,1H3;3-5,7-8,10H,2,6,9H2,1H3;1-4H;1-5H,6,8H2;3H,2,7H2,1H3;3-5H2,1-2H3;3H,2H2,1H3;. The molecule has 0 fully saturated rings. The first-order valence-corrected chi connectivity index (χ1v) is 54.7. The smallest absolute Gasteiger partial charge is 0.360 e. The Bertz CT molecular complexity index is 6250. The molecule has 0 aliphatic carbocycles. The van der Waals surface area contributed by atoms with Crippen molar-refractivity contribution in [2.75, 3.05) is 101 Å². The number of carbonyl (C=O) groups excluding carboxylic acids is 2. The summed E-state index contributed by atoms with van der Waals surface area (Å²) >= 11 is 31.1. The van der Waals surface area contributed by atoms with Gasteiger partial charge in [0.1, 0.15) is 28.3 Å². The number of nitrogens with two attached hydrogens (primary N) is 3. The fourth-order valence-corrected chi connectivity index (χ4v) is 17.6. The van der Waals surface area contributed by atoms with Crippen LogP contribution in [-0.2, 0) is 43.9 Å². The fraction of sp³-hybridized carbons (Fsp3) is 0.351. The summed E-state index contributed by atoms with van der Waals surface area (Å²) in [5.74, 6) is 2.70. The van der Waals surface area contributed by atoms with Crippen molar-refractivity contribution in [2.45, 2.75) is 123 Å². The number of aliphatic hydroxyl groups excluding tert-OH is 1. The van der Waals surface area contributed by atoms with Crippen molar-refractivity contribution >= 4 is 218 Å². The normalized spacial score (nSPS) is 11.4. The van der Waals surface area contributed by atoms with Crippen molar-refractivity contribution in [3.8, 4) is 0 Å². The molecule has 135 heavy (non-hydrogen) atoms. The highest BCUT2D eigenvalue weighted by molar-refractivity contribution is 9.93. The summed E-state index contributed by atoms with van der Waals surface area (Å²) in [5.41, 5.74) is 28.6. The fourth-order valence-electron chi connectivity index (χ4n) is 12.4. The number of nitrogens with zero attached hydrogens (tertiary/aromatic N) is 16. The van der Waals surface area contributed by atoms with Crippen LogP contribution in [0.1, 0.15) is 156 Å². The molecule has 0 aliphatic rings. The topological polar surface area (TPSA) is 379 Å². The number of rotatable bonds is 30. The third-order valence-corrected chi connectivity index (χ3v) is 25.8. The Morgan fingerprint density at radius 1 is 0.474 bits per heavy atom. The maximum atomic E-state index is 13.2. The van der Waals surface area contributed by atoms with Crippen molar-refractivity contribution in [1.29, 1.82) is 0 Å². The number of thiazole rings is 5. The van der Waals surface area contributed by atoms with Crippen LogP contribution in [0.2, 0.25) is 0 Å². The van der Waals surface area contributed by atoms with E-state index in [9.17, 15) is 28.8 Å². The van der Waals surface area contributed by atoms with Gasteiger partial charge in [-0.1, -0.05) is 234 Å². The number of aliphatic hydroxyl groups is 1. The quantitative estimate of drug-likeness (QED) is 0.0138. The van der Waals surface area contributed by atoms with E-state index in [1.165, 1.54) is 67.8 Å². The van der Waals surface area contributed by atoms with Gasteiger partial charge in [0.2, 0.25) is 0 Å². The minimum atomic E-state index is -0.453. The molecule has 3 atom stereocenters. The zero-order valence-electron chi connectivity index (χ0n) is 77.3. The van der Waals surface area contributed by atoms with E-state index in [1.54, 1.807) is 67.4 Å². The van der Waals surface area contributed by atoms with Crippen molar-refractivity contribution in [1.82, 2.24) is 88.5 Å². The van der Waals surface area contributed by atoms with E-state index in [4.69, 9.17) is 48.6 Å². The number of fused-ring (bicyclic) bond motifs is 4. The highest BCUT2D eigenvalue weighted by atomic mass is 80.9. The third-order valence-electron chi connectivity index (χ3n) is 19.1. The number of carbonyl (C=O) groups is 2. The molecule has 29 nitrogen and oxygen atoms in total. The van der Waals surface area contributed by atoms with Crippen molar-refractivity contribution in [3.05, 3.63) is 309 Å². The SMILES string of the molecule is BrBr.CCC(Br)c1nc2sc(Br)nc2c(=O)n1Cc1ccccc1.CCC(NCCN(C)C)c1nc2sc(Br)nc2c(=O)n1Cc1ccccc1.CCC(NCCN(C)C)c1nc2scnc2c(=O)n1Cc1ccccc1.CCCc1nc2scnc2c(=O)n1Cc1ccccc1.CCO.CCOC(=O)c1ncsc1N.CN(C)CCN.NCc1ccccc1.O=C(Cl)c1ccc(Br)cc1. The van der Waals surface area contributed by atoms with Crippen LogP contribution in [0.3, 0.4) is 0 Å². The van der Waals surface area contributed by atoms with Crippen LogP contribution >= 0.6 is 160 Å². The van der Waals surface area contributed by atoms with Gasteiger partial charge >= 0.3 is 5.97 Å². The number of nitrogens with one attached hydrogen (secondary N) is 2. The van der Waals surface area contributed by atoms with Crippen LogP contribution < -0.4 is 50.1 Å². The number of nitrogen functional groups attached to an aromatic ring is 1. The van der Waals surface area contributed by atoms with Crippen molar-refractivity contribution in [3.63, 3.8) is 0 Å². The summed E-state index contributed by atoms with van der Waals surface area (Å²) in [6.07, 6.45) is 4.33. The molecular formula is C94H116Br6ClN21O8S5. The van der Waals surface area contributed by atoms with E-state index in [-0.39, 0.29) is 51.4 Å². The molecule has 3 unspecified atom stereocenters. The summed E-state index contributed by atoms with van der Waals surface area (Å²) in [6.45, 7) is 20.3. The molecule has 0 spiro atoms. The van der Waals surface area contributed by atoms with Gasteiger partial charge in [0, 0.05) is 97.1 Å². The molecule has 15 rings (SSSR count). The zero-order valence-corrected chi connectivity index (χ0v) is 91.7. The van der Waals surface area contributed by atoms with Gasteiger partial charge in [0.15, 0.2) is 54.9 Å². The highest BCUT2D eigenvalue weighted by Crippen LogP contribution is 2.30. The Labute approximate surface area is 861 Å². The predicted molar refractivity (Wildman–Crippen MR) is 579 cm³/mol. The lowest BCUT2D eigenvalue weighted by atomic mass is 10.1. The van der Waals surface area contributed by atoms with Gasteiger partial charge in [-0.3, -0.25) is 42.2 Å². The van der Waals surface area contributed by atoms with Crippen LogP contribution in [0.4, 0.5) is 5.00 Å². The molecule has 15 aromatic rings. The second-order valence-electron chi connectivity index (χ2n) is 29.9. The number of alkyl halides is 1. The molecule has 41 heteroatoms. The van der Waals surface area contributed by atoms with E-state index < -0.39 is 11.2 Å². The number of aryl methyl sites for hydroxylation is 1. The third kappa shape index (κ3) is 38.2. The van der Waals surface area contributed by atoms with Crippen LogP contribution in [0.5, 0.6) is 0 Å². The number of aromatic nitrogens is 13. The lowest BCUT2D eigenvalue weighted by Crippen LogP contribution is -2.35. The Morgan fingerprint density at radius 2 is 0.837 bits per heavy atom. The van der Waals surface area contributed by atoms with Gasteiger partial charge in [-0.15, -0.1) is 34.0 Å². The zero-order chi connectivity index (χ0) is 98.9. The number of likely N-dealkylation sites (N-methyl/N-ethyl adjacent to an activating group) is 3. The number of halogens is 7. The summed E-state index contributed by atoms with van der Waals surface area (Å²) in [4.78, 5) is 122. The molecule has 0 radical (unpaired) electrons. The Kier molecular flexibility index (Phi) is 54.3. The minimum absolute atomic E-state index is 0.00615. The minimum Gasteiger partial charge on any atom is -0.461 e. The van der Waals surface area contributed by atoms with Gasteiger partial charge in [0.25, 0.3) is 27.5 Å². The average molecular weight is 2340 g/mol. The Balaban J connectivity index is 0.000000244. The number of hydrogen-bond donors (Lipinski definition) is 6. The molecule has 9 N–H and O–H groups in total. The first-order chi connectivity index (χ1) is 65.0. The highest BCUT2D eigenvalue weighted by Gasteiger charge is 2.25. The molecular weight excluding hydrogens is 2230 g/mol. The average Bonchev–Trinajstić information content (AvgIpc) is 1.68. The van der Waals surface area contributed by atoms with Crippen molar-refractivity contribution in [2.24, 2.45) is 11.5 Å². The maximum absolute atomic E-state index is 13.2. The maximum Gasteiger partial charge on any atom is 0.360 e. The molecule has 6 aromatic carbocycles. The summed E-state index contributed by atoms with van der Waals surface area (Å²) in [6, 6.07) is 56.8. The predicted octanol–water partition coefficient (Wildman–Crippen LogP) is 19.2.